The van der Waals surface area contributed by atoms with Crippen LogP contribution in [0.4, 0.5) is 0 Å². The van der Waals surface area contributed by atoms with Crippen LogP contribution in [0.15, 0.2) is 51.4 Å². The number of aryl methyl sites for hydroxylation is 1. The molecule has 86 valence electrons. The molecule has 0 aliphatic rings. The van der Waals surface area contributed by atoms with E-state index in [9.17, 15) is 4.79 Å². The molecule has 0 radical (unpaired) electrons. The molecule has 0 aromatic heterocycles. The smallest absolute Gasteiger partial charge is 0.194 e. The highest BCUT2D eigenvalue weighted by molar-refractivity contribution is 9.11. The van der Waals surface area contributed by atoms with Gasteiger partial charge in [0.2, 0.25) is 0 Å². The number of carbonyl (C=O) groups excluding carboxylic acids is 1. The number of hydrogen-bond acceptors (Lipinski definition) is 1. The number of benzene rings is 2. The summed E-state index contributed by atoms with van der Waals surface area (Å²) in [4.78, 5) is 12.3. The molecular weight excluding hydrogens is 344 g/mol. The monoisotopic (exact) mass is 352 g/mol. The molecule has 2 aromatic rings. The predicted molar refractivity (Wildman–Crippen MR) is 76.5 cm³/mol. The molecule has 0 aliphatic heterocycles. The Balaban J connectivity index is 2.43. The number of carbonyl (C=O) groups is 1. The van der Waals surface area contributed by atoms with Crippen molar-refractivity contribution in [3.63, 3.8) is 0 Å². The Morgan fingerprint density at radius 1 is 1.00 bits per heavy atom. The fourth-order valence-electron chi connectivity index (χ4n) is 1.53. The van der Waals surface area contributed by atoms with E-state index in [1.165, 1.54) is 0 Å². The van der Waals surface area contributed by atoms with Crippen molar-refractivity contribution in [1.82, 2.24) is 0 Å². The average Bonchev–Trinajstić information content (AvgIpc) is 2.32. The van der Waals surface area contributed by atoms with Gasteiger partial charge in [-0.05, 0) is 25.1 Å². The summed E-state index contributed by atoms with van der Waals surface area (Å²) >= 11 is 6.78. The van der Waals surface area contributed by atoms with Crippen LogP contribution in [0.1, 0.15) is 21.5 Å². The lowest BCUT2D eigenvalue weighted by Crippen LogP contribution is -2.02. The molecule has 0 saturated heterocycles. The Morgan fingerprint density at radius 3 is 2.29 bits per heavy atom. The Hall–Kier alpha value is -0.930. The van der Waals surface area contributed by atoms with Gasteiger partial charge in [0.05, 0.1) is 0 Å². The SMILES string of the molecule is Cc1ccc(C(=O)c2cc(Br)ccc2Br)cc1. The maximum atomic E-state index is 12.3. The predicted octanol–water partition coefficient (Wildman–Crippen LogP) is 4.75. The van der Waals surface area contributed by atoms with Gasteiger partial charge in [0.15, 0.2) is 5.78 Å². The first-order chi connectivity index (χ1) is 8.08. The summed E-state index contributed by atoms with van der Waals surface area (Å²) in [7, 11) is 0. The van der Waals surface area contributed by atoms with Gasteiger partial charge in [-0.1, -0.05) is 61.7 Å². The molecular formula is C14H10Br2O. The fraction of sp³-hybridized carbons (Fsp3) is 0.0714. The van der Waals surface area contributed by atoms with Crippen LogP contribution in [-0.4, -0.2) is 5.78 Å². The van der Waals surface area contributed by atoms with E-state index in [-0.39, 0.29) is 5.78 Å². The molecule has 2 aromatic carbocycles. The van der Waals surface area contributed by atoms with E-state index in [2.05, 4.69) is 31.9 Å². The summed E-state index contributed by atoms with van der Waals surface area (Å²) < 4.78 is 1.71. The lowest BCUT2D eigenvalue weighted by molar-refractivity contribution is 0.103. The van der Waals surface area contributed by atoms with Crippen molar-refractivity contribution in [2.45, 2.75) is 6.92 Å². The topological polar surface area (TPSA) is 17.1 Å². The summed E-state index contributed by atoms with van der Waals surface area (Å²) in [6.45, 7) is 2.00. The second-order valence-corrected chi connectivity index (χ2v) is 5.59. The van der Waals surface area contributed by atoms with Gasteiger partial charge < -0.3 is 0 Å². The van der Waals surface area contributed by atoms with Gasteiger partial charge in [-0.15, -0.1) is 0 Å². The lowest BCUT2D eigenvalue weighted by atomic mass is 10.0. The van der Waals surface area contributed by atoms with Crippen LogP contribution in [0.5, 0.6) is 0 Å². The minimum Gasteiger partial charge on any atom is -0.289 e. The highest BCUT2D eigenvalue weighted by Crippen LogP contribution is 2.24. The first-order valence-electron chi connectivity index (χ1n) is 5.14. The van der Waals surface area contributed by atoms with Crippen molar-refractivity contribution in [2.75, 3.05) is 0 Å². The number of hydrogen-bond donors (Lipinski definition) is 0. The van der Waals surface area contributed by atoms with E-state index >= 15 is 0 Å². The van der Waals surface area contributed by atoms with Crippen molar-refractivity contribution in [2.24, 2.45) is 0 Å². The van der Waals surface area contributed by atoms with E-state index in [4.69, 9.17) is 0 Å². The summed E-state index contributed by atoms with van der Waals surface area (Å²) in [6.07, 6.45) is 0. The Bertz CT molecular complexity index is 559. The zero-order chi connectivity index (χ0) is 12.4. The van der Waals surface area contributed by atoms with Crippen molar-refractivity contribution in [1.29, 1.82) is 0 Å². The van der Waals surface area contributed by atoms with E-state index in [0.29, 0.717) is 11.1 Å². The van der Waals surface area contributed by atoms with Crippen LogP contribution >= 0.6 is 31.9 Å². The van der Waals surface area contributed by atoms with Crippen molar-refractivity contribution in [3.05, 3.63) is 68.1 Å². The van der Waals surface area contributed by atoms with Crippen LogP contribution in [0.3, 0.4) is 0 Å². The molecule has 0 atom stereocenters. The maximum absolute atomic E-state index is 12.3. The normalized spacial score (nSPS) is 10.3. The van der Waals surface area contributed by atoms with Gasteiger partial charge in [-0.2, -0.15) is 0 Å². The third kappa shape index (κ3) is 2.85. The van der Waals surface area contributed by atoms with E-state index < -0.39 is 0 Å². The molecule has 0 aliphatic carbocycles. The minimum absolute atomic E-state index is 0.0261. The zero-order valence-electron chi connectivity index (χ0n) is 9.21. The molecule has 0 N–H and O–H groups in total. The number of rotatable bonds is 2. The second kappa shape index (κ2) is 5.15. The minimum atomic E-state index is 0.0261. The number of halogens is 2. The summed E-state index contributed by atoms with van der Waals surface area (Å²) in [5.41, 5.74) is 2.52. The van der Waals surface area contributed by atoms with Crippen molar-refractivity contribution in [3.8, 4) is 0 Å². The van der Waals surface area contributed by atoms with Gasteiger partial charge in [0, 0.05) is 20.1 Å². The van der Waals surface area contributed by atoms with Gasteiger partial charge >= 0.3 is 0 Å². The Kier molecular flexibility index (Phi) is 3.79. The fourth-order valence-corrected chi connectivity index (χ4v) is 2.32. The first-order valence-corrected chi connectivity index (χ1v) is 6.73. The largest absolute Gasteiger partial charge is 0.289 e. The van der Waals surface area contributed by atoms with Crippen LogP contribution in [0.25, 0.3) is 0 Å². The molecule has 0 bridgehead atoms. The molecule has 0 heterocycles. The lowest BCUT2D eigenvalue weighted by Gasteiger charge is -2.05. The molecule has 2 rings (SSSR count). The van der Waals surface area contributed by atoms with Gasteiger partial charge in [-0.25, -0.2) is 0 Å². The highest BCUT2D eigenvalue weighted by atomic mass is 79.9. The molecule has 0 spiro atoms. The molecule has 0 amide bonds. The van der Waals surface area contributed by atoms with Gasteiger partial charge in [0.1, 0.15) is 0 Å². The first kappa shape index (κ1) is 12.5. The van der Waals surface area contributed by atoms with Crippen LogP contribution in [0.2, 0.25) is 0 Å². The van der Waals surface area contributed by atoms with Crippen molar-refractivity contribution < 1.29 is 4.79 Å². The van der Waals surface area contributed by atoms with E-state index in [1.54, 1.807) is 0 Å². The zero-order valence-corrected chi connectivity index (χ0v) is 12.4. The molecule has 0 unspecified atom stereocenters. The van der Waals surface area contributed by atoms with E-state index in [0.717, 1.165) is 14.5 Å². The maximum Gasteiger partial charge on any atom is 0.194 e. The van der Waals surface area contributed by atoms with Crippen molar-refractivity contribution >= 4 is 37.6 Å². The summed E-state index contributed by atoms with van der Waals surface area (Å²) in [5, 5.41) is 0. The van der Waals surface area contributed by atoms with Gasteiger partial charge in [-0.3, -0.25) is 4.79 Å². The highest BCUT2D eigenvalue weighted by Gasteiger charge is 2.12. The average molecular weight is 354 g/mol. The number of ketones is 1. The standard InChI is InChI=1S/C14H10Br2O/c1-9-2-4-10(5-3-9)14(17)12-8-11(15)6-7-13(12)16/h2-8H,1H3. The Labute approximate surface area is 117 Å². The molecule has 1 nitrogen and oxygen atoms in total. The summed E-state index contributed by atoms with van der Waals surface area (Å²) in [6, 6.07) is 13.2. The van der Waals surface area contributed by atoms with Crippen LogP contribution < -0.4 is 0 Å². The van der Waals surface area contributed by atoms with Crippen LogP contribution in [-0.2, 0) is 0 Å². The van der Waals surface area contributed by atoms with E-state index in [1.807, 2.05) is 49.4 Å². The molecule has 17 heavy (non-hydrogen) atoms. The summed E-state index contributed by atoms with van der Waals surface area (Å²) in [5.74, 6) is 0.0261. The third-order valence-electron chi connectivity index (χ3n) is 2.49. The Morgan fingerprint density at radius 2 is 1.65 bits per heavy atom. The van der Waals surface area contributed by atoms with Gasteiger partial charge in [0.25, 0.3) is 0 Å². The molecule has 0 fully saturated rings. The van der Waals surface area contributed by atoms with Crippen LogP contribution in [0, 0.1) is 6.92 Å². The third-order valence-corrected chi connectivity index (χ3v) is 3.67. The quantitative estimate of drug-likeness (QED) is 0.712. The molecule has 3 heteroatoms. The second-order valence-electron chi connectivity index (χ2n) is 3.82. The molecule has 0 saturated carbocycles.